The summed E-state index contributed by atoms with van der Waals surface area (Å²) in [6, 6.07) is 1.85. The van der Waals surface area contributed by atoms with E-state index < -0.39 is 0 Å². The van der Waals surface area contributed by atoms with Gasteiger partial charge in [0.15, 0.2) is 11.6 Å². The number of tetrazole rings is 1. The Morgan fingerprint density at radius 3 is 2.93 bits per heavy atom. The van der Waals surface area contributed by atoms with Crippen molar-refractivity contribution in [3.05, 3.63) is 18.1 Å². The van der Waals surface area contributed by atoms with Gasteiger partial charge in [0, 0.05) is 18.8 Å². The van der Waals surface area contributed by atoms with Crippen LogP contribution in [0, 0.1) is 0 Å². The molecule has 0 aromatic carbocycles. The summed E-state index contributed by atoms with van der Waals surface area (Å²) in [5.41, 5.74) is 0. The zero-order chi connectivity index (χ0) is 10.8. The molecule has 2 rings (SSSR count). The van der Waals surface area contributed by atoms with Crippen molar-refractivity contribution >= 4 is 11.6 Å². The number of nitrogens with zero attached hydrogens (tertiary/aromatic N) is 6. The van der Waals surface area contributed by atoms with Crippen molar-refractivity contribution in [2.24, 2.45) is 0 Å². The molecule has 0 spiro atoms. The number of hydrogen-bond donors (Lipinski definition) is 0. The van der Waals surface area contributed by atoms with Crippen molar-refractivity contribution in [1.82, 2.24) is 30.0 Å². The summed E-state index contributed by atoms with van der Waals surface area (Å²) in [4.78, 5) is 0. The van der Waals surface area contributed by atoms with Crippen LogP contribution in [0.2, 0.25) is 0 Å². The highest BCUT2D eigenvalue weighted by molar-refractivity contribution is 6.20. The van der Waals surface area contributed by atoms with Crippen LogP contribution in [-0.2, 0) is 6.54 Å². The van der Waals surface area contributed by atoms with Crippen molar-refractivity contribution in [1.29, 1.82) is 0 Å². The Balaban J connectivity index is 2.40. The summed E-state index contributed by atoms with van der Waals surface area (Å²) in [7, 11) is 0. The lowest BCUT2D eigenvalue weighted by Gasteiger charge is -2.01. The standard InChI is InChI=1S/C8H11ClN6/c1-3-14-5-4-7(11-14)15-8(6(2)9)10-12-13-15/h4-6H,3H2,1-2H3. The first-order chi connectivity index (χ1) is 7.22. The van der Waals surface area contributed by atoms with Crippen LogP contribution >= 0.6 is 11.6 Å². The van der Waals surface area contributed by atoms with E-state index in [-0.39, 0.29) is 5.38 Å². The summed E-state index contributed by atoms with van der Waals surface area (Å²) in [6.07, 6.45) is 1.87. The summed E-state index contributed by atoms with van der Waals surface area (Å²) in [5, 5.41) is 15.3. The zero-order valence-electron chi connectivity index (χ0n) is 8.50. The third kappa shape index (κ3) is 1.85. The van der Waals surface area contributed by atoms with Gasteiger partial charge in [0.05, 0.1) is 5.38 Å². The molecule has 2 heterocycles. The molecular weight excluding hydrogens is 216 g/mol. The van der Waals surface area contributed by atoms with Crippen molar-refractivity contribution in [2.75, 3.05) is 0 Å². The molecule has 0 saturated carbocycles. The summed E-state index contributed by atoms with van der Waals surface area (Å²) in [6.45, 7) is 4.65. The number of aryl methyl sites for hydroxylation is 1. The molecule has 80 valence electrons. The first-order valence-electron chi connectivity index (χ1n) is 4.68. The highest BCUT2D eigenvalue weighted by Gasteiger charge is 2.14. The topological polar surface area (TPSA) is 61.4 Å². The highest BCUT2D eigenvalue weighted by atomic mass is 35.5. The second kappa shape index (κ2) is 3.98. The van der Waals surface area contributed by atoms with Crippen LogP contribution in [0.15, 0.2) is 12.3 Å². The molecule has 0 aliphatic rings. The lowest BCUT2D eigenvalue weighted by molar-refractivity contribution is 0.636. The normalized spacial score (nSPS) is 13.0. The number of aromatic nitrogens is 6. The highest BCUT2D eigenvalue weighted by Crippen LogP contribution is 2.17. The van der Waals surface area contributed by atoms with E-state index in [2.05, 4.69) is 20.6 Å². The number of halogens is 1. The average Bonchev–Trinajstić information content (AvgIpc) is 2.85. The van der Waals surface area contributed by atoms with E-state index in [1.807, 2.05) is 26.1 Å². The van der Waals surface area contributed by atoms with Crippen LogP contribution < -0.4 is 0 Å². The number of alkyl halides is 1. The molecule has 0 amide bonds. The van der Waals surface area contributed by atoms with E-state index in [1.54, 1.807) is 9.36 Å². The zero-order valence-corrected chi connectivity index (χ0v) is 9.26. The van der Waals surface area contributed by atoms with Crippen molar-refractivity contribution in [3.63, 3.8) is 0 Å². The molecular formula is C8H11ClN6. The van der Waals surface area contributed by atoms with Gasteiger partial charge in [-0.1, -0.05) is 0 Å². The van der Waals surface area contributed by atoms with Gasteiger partial charge in [-0.3, -0.25) is 4.68 Å². The van der Waals surface area contributed by atoms with Gasteiger partial charge in [0.25, 0.3) is 0 Å². The molecule has 6 nitrogen and oxygen atoms in total. The molecule has 0 fully saturated rings. The molecule has 15 heavy (non-hydrogen) atoms. The second-order valence-electron chi connectivity index (χ2n) is 3.09. The van der Waals surface area contributed by atoms with E-state index >= 15 is 0 Å². The van der Waals surface area contributed by atoms with Gasteiger partial charge in [0.1, 0.15) is 0 Å². The van der Waals surface area contributed by atoms with E-state index in [0.29, 0.717) is 11.6 Å². The van der Waals surface area contributed by atoms with E-state index in [0.717, 1.165) is 6.54 Å². The Hall–Kier alpha value is -1.43. The van der Waals surface area contributed by atoms with Gasteiger partial charge in [0.2, 0.25) is 0 Å². The molecule has 1 unspecified atom stereocenters. The third-order valence-electron chi connectivity index (χ3n) is 2.02. The van der Waals surface area contributed by atoms with Crippen molar-refractivity contribution in [2.45, 2.75) is 25.8 Å². The minimum atomic E-state index is -0.244. The summed E-state index contributed by atoms with van der Waals surface area (Å²) >= 11 is 5.94. The minimum absolute atomic E-state index is 0.244. The van der Waals surface area contributed by atoms with Gasteiger partial charge in [-0.15, -0.1) is 16.7 Å². The monoisotopic (exact) mass is 226 g/mol. The Morgan fingerprint density at radius 1 is 1.53 bits per heavy atom. The SMILES string of the molecule is CCn1ccc(-n2nnnc2C(C)Cl)n1. The van der Waals surface area contributed by atoms with Gasteiger partial charge in [-0.2, -0.15) is 9.78 Å². The quantitative estimate of drug-likeness (QED) is 0.738. The molecule has 0 aliphatic heterocycles. The Morgan fingerprint density at radius 2 is 2.33 bits per heavy atom. The second-order valence-corrected chi connectivity index (χ2v) is 3.75. The average molecular weight is 227 g/mol. The fraction of sp³-hybridized carbons (Fsp3) is 0.500. The van der Waals surface area contributed by atoms with E-state index in [1.165, 1.54) is 0 Å². The predicted molar refractivity (Wildman–Crippen MR) is 54.9 cm³/mol. The van der Waals surface area contributed by atoms with Gasteiger partial charge >= 0.3 is 0 Å². The molecule has 2 aromatic rings. The molecule has 2 aromatic heterocycles. The minimum Gasteiger partial charge on any atom is -0.271 e. The fourth-order valence-corrected chi connectivity index (χ4v) is 1.38. The Kier molecular flexibility index (Phi) is 2.68. The van der Waals surface area contributed by atoms with Crippen LogP contribution in [0.4, 0.5) is 0 Å². The molecule has 1 atom stereocenters. The molecule has 0 saturated heterocycles. The van der Waals surface area contributed by atoms with Crippen molar-refractivity contribution < 1.29 is 0 Å². The first-order valence-corrected chi connectivity index (χ1v) is 5.12. The van der Waals surface area contributed by atoms with Gasteiger partial charge < -0.3 is 0 Å². The fourth-order valence-electron chi connectivity index (χ4n) is 1.25. The lowest BCUT2D eigenvalue weighted by atomic mass is 10.4. The number of hydrogen-bond acceptors (Lipinski definition) is 4. The summed E-state index contributed by atoms with van der Waals surface area (Å²) in [5.74, 6) is 1.28. The predicted octanol–water partition coefficient (Wildman–Crippen LogP) is 1.18. The molecule has 0 bridgehead atoms. The van der Waals surface area contributed by atoms with Crippen LogP contribution in [0.1, 0.15) is 25.0 Å². The first kappa shape index (κ1) is 10.1. The summed E-state index contributed by atoms with van der Waals surface area (Å²) < 4.78 is 3.35. The van der Waals surface area contributed by atoms with Crippen LogP contribution in [0.3, 0.4) is 0 Å². The maximum atomic E-state index is 5.94. The molecule has 0 aliphatic carbocycles. The van der Waals surface area contributed by atoms with Crippen LogP contribution in [-0.4, -0.2) is 30.0 Å². The van der Waals surface area contributed by atoms with E-state index in [9.17, 15) is 0 Å². The van der Waals surface area contributed by atoms with Crippen LogP contribution in [0.25, 0.3) is 5.82 Å². The largest absolute Gasteiger partial charge is 0.271 e. The van der Waals surface area contributed by atoms with Gasteiger partial charge in [-0.05, 0) is 24.3 Å². The molecule has 0 radical (unpaired) electrons. The lowest BCUT2D eigenvalue weighted by Crippen LogP contribution is -2.05. The maximum absolute atomic E-state index is 5.94. The maximum Gasteiger partial charge on any atom is 0.179 e. The molecule has 0 N–H and O–H groups in total. The van der Waals surface area contributed by atoms with Crippen molar-refractivity contribution in [3.8, 4) is 5.82 Å². The Labute approximate surface area is 91.8 Å². The van der Waals surface area contributed by atoms with Gasteiger partial charge in [-0.25, -0.2) is 0 Å². The smallest absolute Gasteiger partial charge is 0.179 e. The number of rotatable bonds is 3. The molecule has 7 heteroatoms. The van der Waals surface area contributed by atoms with E-state index in [4.69, 9.17) is 11.6 Å². The van der Waals surface area contributed by atoms with Crippen LogP contribution in [0.5, 0.6) is 0 Å². The third-order valence-corrected chi connectivity index (χ3v) is 2.21. The Bertz CT molecular complexity index is 445.